The molecule has 5 aliphatic heterocycles. The first kappa shape index (κ1) is 45.4. The van der Waals surface area contributed by atoms with Gasteiger partial charge < -0.3 is 46.1 Å². The fourth-order valence-electron chi connectivity index (χ4n) is 7.95. The van der Waals surface area contributed by atoms with Gasteiger partial charge in [0.1, 0.15) is 0 Å². The third kappa shape index (κ3) is 9.90. The largest absolute Gasteiger partial charge is 2.00 e. The van der Waals surface area contributed by atoms with Gasteiger partial charge in [-0.1, -0.05) is 27.7 Å². The van der Waals surface area contributed by atoms with Crippen LogP contribution in [-0.4, -0.2) is 91.6 Å². The third-order valence-corrected chi connectivity index (χ3v) is 11.2. The van der Waals surface area contributed by atoms with E-state index < -0.39 is 30.5 Å². The van der Waals surface area contributed by atoms with Crippen LogP contribution in [0.4, 0.5) is 0 Å². The summed E-state index contributed by atoms with van der Waals surface area (Å²) in [6.45, 7) is 11.9. The number of aliphatic hydroxyl groups excluding tert-OH is 2. The quantitative estimate of drug-likeness (QED) is 0.0432. The molecule has 5 rings (SSSR count). The number of nitrogens with zero attached hydrogens (tertiary/aromatic N) is 4. The number of carbonyl (C=O) groups excluding carboxylic acids is 2. The zero-order valence-electron chi connectivity index (χ0n) is 34.0. The van der Waals surface area contributed by atoms with E-state index in [1.54, 1.807) is 0 Å². The van der Waals surface area contributed by atoms with E-state index in [0.717, 1.165) is 17.8 Å². The van der Waals surface area contributed by atoms with Crippen molar-refractivity contribution < 1.29 is 55.2 Å². The predicted molar refractivity (Wildman–Crippen MR) is 213 cm³/mol. The molecule has 0 aliphatic carbocycles. The number of allylic oxidation sites excluding steroid dienone is 10. The Kier molecular flexibility index (Phi) is 15.9. The van der Waals surface area contributed by atoms with Crippen molar-refractivity contribution >= 4 is 34.9 Å². The number of carbonyl (C=O) groups is 2. The summed E-state index contributed by atoms with van der Waals surface area (Å²) < 4.78 is 5.19. The van der Waals surface area contributed by atoms with Crippen LogP contribution in [0.1, 0.15) is 73.6 Å². The minimum atomic E-state index is -1.09. The molecule has 0 saturated carbocycles. The fraction of sp³-hybridized carbons (Fsp3) is 0.524. The average molecular weight is 876 g/mol. The maximum atomic E-state index is 14.1. The summed E-state index contributed by atoms with van der Waals surface area (Å²) in [5.41, 5.74) is 7.45. The van der Waals surface area contributed by atoms with Crippen LogP contribution in [0.25, 0.3) is 0 Å². The number of hydrogen-bond donors (Lipinski definition) is 5. The summed E-state index contributed by atoms with van der Waals surface area (Å²) in [5.74, 6) is -2.03. The van der Waals surface area contributed by atoms with Gasteiger partial charge in [-0.3, -0.25) is 14.6 Å². The molecule has 5 N–H and O–H groups in total. The summed E-state index contributed by atoms with van der Waals surface area (Å²) in [5, 5.41) is 55.7. The summed E-state index contributed by atoms with van der Waals surface area (Å²) in [6, 6.07) is 0. The number of ether oxygens (including phenoxy) is 1. The minimum absolute atomic E-state index is 0. The number of amides is 1. The van der Waals surface area contributed by atoms with Crippen molar-refractivity contribution in [1.29, 1.82) is 0 Å². The van der Waals surface area contributed by atoms with E-state index in [2.05, 4.69) is 34.8 Å². The number of methoxy groups -OCH3 is 1. The van der Waals surface area contributed by atoms with Gasteiger partial charge in [0.25, 0.3) is 0 Å². The van der Waals surface area contributed by atoms with Crippen LogP contribution in [0, 0.1) is 23.7 Å². The van der Waals surface area contributed by atoms with Gasteiger partial charge in [-0.05, 0) is 87.5 Å². The molecule has 57 heavy (non-hydrogen) atoms. The number of aliphatic hydroxyl groups is 2. The van der Waals surface area contributed by atoms with E-state index in [4.69, 9.17) is 19.7 Å². The number of aliphatic imine (C=N–C) groups is 4. The molecular formula is C42H55N7O7Pd. The first-order chi connectivity index (χ1) is 26.7. The molecule has 0 aromatic heterocycles. The average Bonchev–Trinajstić information content (AvgIpc) is 3.86. The van der Waals surface area contributed by atoms with Crippen LogP contribution in [0.5, 0.6) is 0 Å². The van der Waals surface area contributed by atoms with E-state index in [0.29, 0.717) is 82.4 Å². The standard InChI is InChI=1S/C42H57N7O7.Pd/c1-9-27-21(2)30-18-35-38(25(6)51)23(4)32(47-35)16-31-22(3)28(11-12-36(53)45-19-26(52)20-50)40(48-31)29(15-37(54)56-8)41-39(42(55)44-14-10-13-43-7)24(5)33(49-41)17-34(27)46-30;/h16-18,21-22,26-28,43,46,50-52H,9-15,19-20H2,1-8H3,(H,44,55)(H,45,53);/q;+2/p-2/b30-18?,31-16?,34-17?,38-25+,41-29?;/t21-,22+,26?,27-,28+;/m1./s1. The van der Waals surface area contributed by atoms with Crippen LogP contribution in [0.2, 0.25) is 0 Å². The van der Waals surface area contributed by atoms with E-state index in [1.807, 2.05) is 46.0 Å². The second-order valence-electron chi connectivity index (χ2n) is 14.9. The SMILES string of the molecule is CC[C@H]1C2=CC3=NC(=C(CC(=O)OC)C4=NC(=CC5=C(C)/C(=C(/C)[O-])C(=N5)C=C(N2)[C@@H]1C)[C@@H](C)[C@@H]4CCC(=O)NCC(O)CO)C(C([O-])=NCCCNC)=C3C.[Pd+2]. The number of fused-ring (bicyclic) bond motifs is 5. The van der Waals surface area contributed by atoms with Crippen LogP contribution >= 0.6 is 0 Å². The second kappa shape index (κ2) is 19.9. The molecule has 0 spiro atoms. The molecule has 15 heteroatoms. The van der Waals surface area contributed by atoms with E-state index >= 15 is 0 Å². The van der Waals surface area contributed by atoms with Crippen LogP contribution in [-0.2, 0) is 34.7 Å². The van der Waals surface area contributed by atoms with Gasteiger partial charge in [-0.25, -0.2) is 9.98 Å². The number of esters is 1. The Morgan fingerprint density at radius 2 is 1.75 bits per heavy atom. The van der Waals surface area contributed by atoms with Crippen molar-refractivity contribution in [2.24, 2.45) is 43.6 Å². The van der Waals surface area contributed by atoms with Gasteiger partial charge in [-0.2, -0.15) is 0 Å². The molecule has 5 heterocycles. The summed E-state index contributed by atoms with van der Waals surface area (Å²) in [4.78, 5) is 46.0. The Morgan fingerprint density at radius 1 is 1.04 bits per heavy atom. The third-order valence-electron chi connectivity index (χ3n) is 11.2. The second-order valence-corrected chi connectivity index (χ2v) is 14.9. The smallest absolute Gasteiger partial charge is 0.875 e. The van der Waals surface area contributed by atoms with Crippen molar-refractivity contribution in [2.75, 3.05) is 40.4 Å². The molecule has 1 amide bonds. The summed E-state index contributed by atoms with van der Waals surface area (Å²) >= 11 is 0. The molecule has 8 bridgehead atoms. The Bertz CT molecular complexity index is 1980. The molecule has 0 aromatic carbocycles. The summed E-state index contributed by atoms with van der Waals surface area (Å²) in [6.07, 6.45) is 6.22. The van der Waals surface area contributed by atoms with Gasteiger partial charge in [0.05, 0.1) is 54.8 Å². The van der Waals surface area contributed by atoms with Crippen LogP contribution < -0.4 is 26.2 Å². The Hall–Kier alpha value is -4.26. The van der Waals surface area contributed by atoms with E-state index in [1.165, 1.54) is 14.0 Å². The van der Waals surface area contributed by atoms with Crippen LogP contribution in [0.3, 0.4) is 0 Å². The van der Waals surface area contributed by atoms with Crippen molar-refractivity contribution in [3.63, 3.8) is 0 Å². The van der Waals surface area contributed by atoms with Crippen molar-refractivity contribution in [3.8, 4) is 0 Å². The van der Waals surface area contributed by atoms with Gasteiger partial charge in [-0.15, -0.1) is 5.76 Å². The topological polar surface area (TPSA) is 215 Å². The van der Waals surface area contributed by atoms with Crippen LogP contribution in [0.15, 0.2) is 100 Å². The number of nitrogens with one attached hydrogen (secondary N) is 3. The molecule has 5 aliphatic rings. The first-order valence-electron chi connectivity index (χ1n) is 19.5. The van der Waals surface area contributed by atoms with Gasteiger partial charge in [0.2, 0.25) is 5.91 Å². The summed E-state index contributed by atoms with van der Waals surface area (Å²) in [7, 11) is 3.13. The first-order valence-corrected chi connectivity index (χ1v) is 19.5. The molecule has 310 valence electrons. The van der Waals surface area contributed by atoms with E-state index in [9.17, 15) is 30.0 Å². The molecule has 0 radical (unpaired) electrons. The molecule has 1 unspecified atom stereocenters. The minimum Gasteiger partial charge on any atom is -0.875 e. The molecule has 14 nitrogen and oxygen atoms in total. The zero-order chi connectivity index (χ0) is 40.8. The van der Waals surface area contributed by atoms with Gasteiger partial charge in [0, 0.05) is 71.4 Å². The van der Waals surface area contributed by atoms with E-state index in [-0.39, 0.29) is 74.8 Å². The monoisotopic (exact) mass is 875 g/mol. The molecule has 0 aromatic rings. The zero-order valence-corrected chi connectivity index (χ0v) is 35.6. The molecule has 1 fully saturated rings. The Labute approximate surface area is 348 Å². The van der Waals surface area contributed by atoms with Gasteiger partial charge >= 0.3 is 26.4 Å². The number of hydrogen-bond acceptors (Lipinski definition) is 13. The Morgan fingerprint density at radius 3 is 2.40 bits per heavy atom. The maximum absolute atomic E-state index is 14.1. The normalized spacial score (nSPS) is 24.6. The van der Waals surface area contributed by atoms with Crippen molar-refractivity contribution in [2.45, 2.75) is 79.8 Å². The van der Waals surface area contributed by atoms with Crippen molar-refractivity contribution in [3.05, 3.63) is 80.3 Å². The molecule has 1 saturated heterocycles. The molecular weight excluding hydrogens is 821 g/mol. The molecule has 5 atom stereocenters. The maximum Gasteiger partial charge on any atom is 2.00 e. The predicted octanol–water partition coefficient (Wildman–Crippen LogP) is 2.19. The fourth-order valence-corrected chi connectivity index (χ4v) is 7.95. The number of rotatable bonds is 14. The Balaban J connectivity index is 0.00000720. The van der Waals surface area contributed by atoms with Gasteiger partial charge in [0.15, 0.2) is 0 Å². The van der Waals surface area contributed by atoms with Crippen molar-refractivity contribution in [1.82, 2.24) is 16.0 Å².